The molecule has 108 valence electrons. The lowest BCUT2D eigenvalue weighted by molar-refractivity contribution is -0.139. The van der Waals surface area contributed by atoms with Crippen molar-refractivity contribution in [3.63, 3.8) is 0 Å². The quantitative estimate of drug-likeness (QED) is 0.414. The maximum Gasteiger partial charge on any atom is 0.333 e. The van der Waals surface area contributed by atoms with Gasteiger partial charge in [0, 0.05) is 17.7 Å². The number of allylic oxidation sites excluding steroid dienone is 2. The molecule has 0 aliphatic rings. The van der Waals surface area contributed by atoms with Crippen LogP contribution < -0.4 is 0 Å². The highest BCUT2D eigenvalue weighted by Crippen LogP contribution is 2.01. The third-order valence-corrected chi connectivity index (χ3v) is 2.78. The first-order valence-electron chi connectivity index (χ1n) is 6.40. The summed E-state index contributed by atoms with van der Waals surface area (Å²) >= 11 is 0. The van der Waals surface area contributed by atoms with Crippen LogP contribution in [0.2, 0.25) is 0 Å². The lowest BCUT2D eigenvalue weighted by Crippen LogP contribution is -2.28. The maximum absolute atomic E-state index is 11.6. The Labute approximate surface area is 114 Å². The lowest BCUT2D eigenvalue weighted by Gasteiger charge is -2.17. The van der Waals surface area contributed by atoms with Gasteiger partial charge in [0.2, 0.25) is 0 Å². The molecule has 0 radical (unpaired) electrons. The zero-order valence-electron chi connectivity index (χ0n) is 12.1. The summed E-state index contributed by atoms with van der Waals surface area (Å²) in [7, 11) is 0. The highest BCUT2D eigenvalue weighted by molar-refractivity contribution is 5.89. The maximum atomic E-state index is 11.6. The van der Waals surface area contributed by atoms with E-state index in [4.69, 9.17) is 9.84 Å². The Morgan fingerprint density at radius 2 is 1.63 bits per heavy atom. The van der Waals surface area contributed by atoms with Crippen molar-refractivity contribution in [1.29, 1.82) is 0 Å². The van der Waals surface area contributed by atoms with Gasteiger partial charge in [-0.05, 0) is 26.9 Å². The summed E-state index contributed by atoms with van der Waals surface area (Å²) in [6, 6.07) is 0. The van der Waals surface area contributed by atoms with Gasteiger partial charge in [0.25, 0.3) is 0 Å². The minimum atomic E-state index is -1.00. The molecule has 0 rings (SSSR count). The zero-order valence-corrected chi connectivity index (χ0v) is 12.1. The second-order valence-electron chi connectivity index (χ2n) is 4.17. The third kappa shape index (κ3) is 7.41. The lowest BCUT2D eigenvalue weighted by atomic mass is 10.2. The second-order valence-corrected chi connectivity index (χ2v) is 4.17. The van der Waals surface area contributed by atoms with Crippen LogP contribution in [0.25, 0.3) is 0 Å². The summed E-state index contributed by atoms with van der Waals surface area (Å²) in [5, 5.41) is 8.67. The van der Waals surface area contributed by atoms with Crippen molar-refractivity contribution in [2.75, 3.05) is 26.2 Å². The Kier molecular flexibility index (Phi) is 8.53. The average molecular weight is 269 g/mol. The normalized spacial score (nSPS) is 12.7. The third-order valence-electron chi connectivity index (χ3n) is 2.78. The molecule has 0 unspecified atom stereocenters. The minimum absolute atomic E-state index is 0.176. The predicted octanol–water partition coefficient (Wildman–Crippen LogP) is 1.85. The van der Waals surface area contributed by atoms with Gasteiger partial charge in [-0.3, -0.25) is 0 Å². The first-order valence-corrected chi connectivity index (χ1v) is 6.40. The number of esters is 1. The fourth-order valence-corrected chi connectivity index (χ4v) is 1.31. The number of ether oxygens (including phenoxy) is 1. The monoisotopic (exact) mass is 269 g/mol. The summed E-state index contributed by atoms with van der Waals surface area (Å²) in [5.41, 5.74) is 0.565. The van der Waals surface area contributed by atoms with E-state index in [9.17, 15) is 9.59 Å². The second kappa shape index (κ2) is 9.33. The number of nitrogens with zero attached hydrogens (tertiary/aromatic N) is 1. The highest BCUT2D eigenvalue weighted by atomic mass is 16.5. The van der Waals surface area contributed by atoms with Crippen LogP contribution in [0.4, 0.5) is 0 Å². The van der Waals surface area contributed by atoms with Crippen LogP contribution in [0.1, 0.15) is 27.7 Å². The number of aliphatic carboxylic acids is 1. The van der Waals surface area contributed by atoms with E-state index in [-0.39, 0.29) is 5.57 Å². The number of carboxylic acid groups (broad SMARTS) is 1. The van der Waals surface area contributed by atoms with E-state index >= 15 is 0 Å². The molecule has 0 aliphatic carbocycles. The molecule has 0 aromatic heterocycles. The molecule has 0 aromatic carbocycles. The fraction of sp³-hybridized carbons (Fsp3) is 0.571. The van der Waals surface area contributed by atoms with Crippen LogP contribution in [-0.4, -0.2) is 48.2 Å². The summed E-state index contributed by atoms with van der Waals surface area (Å²) in [6.07, 6.45) is 2.85. The van der Waals surface area contributed by atoms with Gasteiger partial charge in [0.15, 0.2) is 0 Å². The van der Waals surface area contributed by atoms with E-state index in [0.717, 1.165) is 13.1 Å². The van der Waals surface area contributed by atoms with Crippen LogP contribution in [0.5, 0.6) is 0 Å². The number of hydrogen-bond donors (Lipinski definition) is 1. The van der Waals surface area contributed by atoms with E-state index in [1.54, 1.807) is 6.92 Å². The Bertz CT molecular complexity index is 368. The number of carbonyl (C=O) groups is 2. The van der Waals surface area contributed by atoms with Crippen LogP contribution in [-0.2, 0) is 14.3 Å². The van der Waals surface area contributed by atoms with Crippen molar-refractivity contribution >= 4 is 11.9 Å². The van der Waals surface area contributed by atoms with E-state index in [2.05, 4.69) is 18.7 Å². The first kappa shape index (κ1) is 17.4. The zero-order chi connectivity index (χ0) is 14.8. The molecular weight excluding hydrogens is 246 g/mol. The van der Waals surface area contributed by atoms with Gasteiger partial charge in [0.05, 0.1) is 0 Å². The number of hydrogen-bond acceptors (Lipinski definition) is 4. The van der Waals surface area contributed by atoms with E-state index in [1.807, 2.05) is 0 Å². The van der Waals surface area contributed by atoms with Crippen LogP contribution in [0.3, 0.4) is 0 Å². The topological polar surface area (TPSA) is 66.8 Å². The van der Waals surface area contributed by atoms with Gasteiger partial charge >= 0.3 is 11.9 Å². The summed E-state index contributed by atoms with van der Waals surface area (Å²) < 4.78 is 5.11. The van der Waals surface area contributed by atoms with Crippen molar-refractivity contribution in [3.8, 4) is 0 Å². The van der Waals surface area contributed by atoms with Crippen molar-refractivity contribution in [2.45, 2.75) is 27.7 Å². The van der Waals surface area contributed by atoms with E-state index in [0.29, 0.717) is 18.7 Å². The fourth-order valence-electron chi connectivity index (χ4n) is 1.31. The van der Waals surface area contributed by atoms with Crippen molar-refractivity contribution in [3.05, 3.63) is 23.3 Å². The Morgan fingerprint density at radius 1 is 1.11 bits per heavy atom. The summed E-state index contributed by atoms with van der Waals surface area (Å²) in [5.74, 6) is -1.42. The summed E-state index contributed by atoms with van der Waals surface area (Å²) in [4.78, 5) is 24.3. The molecule has 0 fully saturated rings. The Hall–Kier alpha value is -1.62. The van der Waals surface area contributed by atoms with Crippen LogP contribution in [0.15, 0.2) is 23.3 Å². The Morgan fingerprint density at radius 3 is 2.11 bits per heavy atom. The minimum Gasteiger partial charge on any atom is -0.478 e. The molecule has 0 atom stereocenters. The molecule has 1 N–H and O–H groups in total. The van der Waals surface area contributed by atoms with Gasteiger partial charge in [-0.2, -0.15) is 0 Å². The van der Waals surface area contributed by atoms with E-state index < -0.39 is 11.9 Å². The molecule has 19 heavy (non-hydrogen) atoms. The predicted molar refractivity (Wildman–Crippen MR) is 73.9 cm³/mol. The standard InChI is InChI=1S/C14H23NO4/c1-5-15(6-2)9-10-19-14(18)12(4)8-7-11(3)13(16)17/h7-8H,5-6,9-10H2,1-4H3,(H,16,17). The number of likely N-dealkylation sites (N-methyl/N-ethyl adjacent to an activating group) is 1. The molecule has 0 saturated heterocycles. The van der Waals surface area contributed by atoms with Gasteiger partial charge in [-0.15, -0.1) is 0 Å². The molecule has 0 saturated carbocycles. The van der Waals surface area contributed by atoms with Gasteiger partial charge < -0.3 is 14.7 Å². The molecule has 0 bridgehead atoms. The molecule has 5 heteroatoms. The molecule has 0 aromatic rings. The molecule has 0 spiro atoms. The number of carboxylic acids is 1. The van der Waals surface area contributed by atoms with Crippen LogP contribution >= 0.6 is 0 Å². The van der Waals surface area contributed by atoms with Gasteiger partial charge in [-0.1, -0.05) is 26.0 Å². The SMILES string of the molecule is CCN(CC)CCOC(=O)C(C)=CC=C(C)C(=O)O. The average Bonchev–Trinajstić information content (AvgIpc) is 2.39. The molecule has 0 aliphatic heterocycles. The largest absolute Gasteiger partial charge is 0.478 e. The number of rotatable bonds is 8. The first-order chi connectivity index (χ1) is 8.92. The number of carbonyl (C=O) groups excluding carboxylic acids is 1. The molecule has 0 heterocycles. The van der Waals surface area contributed by atoms with Crippen molar-refractivity contribution in [1.82, 2.24) is 4.90 Å². The van der Waals surface area contributed by atoms with E-state index in [1.165, 1.54) is 19.1 Å². The Balaban J connectivity index is 4.24. The van der Waals surface area contributed by atoms with Gasteiger partial charge in [0.1, 0.15) is 6.61 Å². The van der Waals surface area contributed by atoms with Gasteiger partial charge in [-0.25, -0.2) is 9.59 Å². The molecular formula is C14H23NO4. The van der Waals surface area contributed by atoms with Crippen molar-refractivity contribution in [2.24, 2.45) is 0 Å². The smallest absolute Gasteiger partial charge is 0.333 e. The summed E-state index contributed by atoms with van der Waals surface area (Å²) in [6.45, 7) is 10.1. The highest BCUT2D eigenvalue weighted by Gasteiger charge is 2.06. The van der Waals surface area contributed by atoms with Crippen molar-refractivity contribution < 1.29 is 19.4 Å². The molecule has 0 amide bonds. The molecule has 5 nitrogen and oxygen atoms in total. The van der Waals surface area contributed by atoms with Crippen LogP contribution in [0, 0.1) is 0 Å².